The zero-order valence-corrected chi connectivity index (χ0v) is 6.03. The first kappa shape index (κ1) is 9.61. The van der Waals surface area contributed by atoms with Crippen LogP contribution in [-0.2, 0) is 9.59 Å². The second-order valence-electron chi connectivity index (χ2n) is 1.91. The van der Waals surface area contributed by atoms with Crippen molar-refractivity contribution in [1.29, 1.82) is 0 Å². The molecule has 0 aliphatic carbocycles. The second-order valence-corrected chi connectivity index (χ2v) is 1.91. The molecule has 0 aliphatic rings. The van der Waals surface area contributed by atoms with Crippen LogP contribution in [0.1, 0.15) is 6.42 Å². The van der Waals surface area contributed by atoms with Crippen molar-refractivity contribution in [2.24, 2.45) is 5.73 Å². The van der Waals surface area contributed by atoms with Gasteiger partial charge in [0.1, 0.15) is 12.6 Å². The molecule has 0 aliphatic heterocycles. The lowest BCUT2D eigenvalue weighted by Crippen LogP contribution is -2.37. The van der Waals surface area contributed by atoms with Gasteiger partial charge in [-0.3, -0.25) is 0 Å². The Labute approximate surface area is 64.1 Å². The van der Waals surface area contributed by atoms with Crippen molar-refractivity contribution in [3.63, 3.8) is 0 Å². The lowest BCUT2D eigenvalue weighted by atomic mass is 10.4. The molecule has 0 unspecified atom stereocenters. The molecule has 0 aromatic carbocycles. The van der Waals surface area contributed by atoms with Gasteiger partial charge in [0, 0.05) is 13.0 Å². The summed E-state index contributed by atoms with van der Waals surface area (Å²) in [5, 5.41) is 0. The van der Waals surface area contributed by atoms with E-state index in [-0.39, 0.29) is 19.5 Å². The summed E-state index contributed by atoms with van der Waals surface area (Å²) in [6, 6.07) is -0.682. The molecule has 0 aromatic rings. The minimum atomic E-state index is -0.682. The maximum Gasteiger partial charge on any atom is 0.315 e. The highest BCUT2D eigenvalue weighted by Crippen LogP contribution is 1.86. The van der Waals surface area contributed by atoms with Crippen molar-refractivity contribution in [3.05, 3.63) is 0 Å². The Morgan fingerprint density at radius 2 is 2.00 bits per heavy atom. The fourth-order valence-electron chi connectivity index (χ4n) is 0.590. The zero-order chi connectivity index (χ0) is 8.69. The van der Waals surface area contributed by atoms with Crippen LogP contribution in [0.15, 0.2) is 0 Å². The number of hydrogen-bond donors (Lipinski definition) is 1. The van der Waals surface area contributed by atoms with Crippen LogP contribution >= 0.6 is 0 Å². The number of hydrogen-bond acceptors (Lipinski definition) is 3. The maximum atomic E-state index is 10.5. The summed E-state index contributed by atoms with van der Waals surface area (Å²) in [5.74, 6) is 0. The summed E-state index contributed by atoms with van der Waals surface area (Å²) in [6.07, 6.45) is 1.44. The molecule has 5 nitrogen and oxygen atoms in total. The predicted octanol–water partition coefficient (Wildman–Crippen LogP) is -0.845. The third-order valence-electron chi connectivity index (χ3n) is 1.12. The topological polar surface area (TPSA) is 80.5 Å². The van der Waals surface area contributed by atoms with Crippen LogP contribution in [0.25, 0.3) is 0 Å². The molecule has 0 bridgehead atoms. The van der Waals surface area contributed by atoms with Crippen LogP contribution in [-0.4, -0.2) is 36.6 Å². The first-order valence-electron chi connectivity index (χ1n) is 3.14. The Balaban J connectivity index is 3.77. The predicted molar refractivity (Wildman–Crippen MR) is 37.9 cm³/mol. The van der Waals surface area contributed by atoms with Crippen molar-refractivity contribution < 1.29 is 14.4 Å². The quantitative estimate of drug-likeness (QED) is 0.529. The van der Waals surface area contributed by atoms with Crippen molar-refractivity contribution >= 4 is 18.6 Å². The monoisotopic (exact) mass is 158 g/mol. The van der Waals surface area contributed by atoms with Gasteiger partial charge in [0.05, 0.1) is 6.54 Å². The summed E-state index contributed by atoms with van der Waals surface area (Å²) in [4.78, 5) is 31.4. The van der Waals surface area contributed by atoms with Gasteiger partial charge in [-0.1, -0.05) is 0 Å². The van der Waals surface area contributed by atoms with E-state index in [1.54, 1.807) is 0 Å². The van der Waals surface area contributed by atoms with Gasteiger partial charge < -0.3 is 20.2 Å². The molecule has 0 saturated heterocycles. The maximum absolute atomic E-state index is 10.5. The Bertz CT molecular complexity index is 158. The standard InChI is InChI=1S/C6H10N2O3/c7-6(11)8(3-5-10)2-1-4-9/h4-5H,1-3H2,(H2,7,11). The fourth-order valence-corrected chi connectivity index (χ4v) is 0.590. The Morgan fingerprint density at radius 3 is 2.36 bits per heavy atom. The van der Waals surface area contributed by atoms with E-state index in [0.717, 1.165) is 4.90 Å². The zero-order valence-electron chi connectivity index (χ0n) is 6.03. The normalized spacial score (nSPS) is 8.73. The van der Waals surface area contributed by atoms with Crippen molar-refractivity contribution in [2.45, 2.75) is 6.42 Å². The average molecular weight is 158 g/mol. The summed E-state index contributed by atoms with van der Waals surface area (Å²) in [5.41, 5.74) is 4.88. The molecule has 62 valence electrons. The highest BCUT2D eigenvalue weighted by molar-refractivity contribution is 5.75. The number of carbonyl (C=O) groups excluding carboxylic acids is 3. The van der Waals surface area contributed by atoms with Crippen LogP contribution in [0.4, 0.5) is 4.79 Å². The largest absolute Gasteiger partial charge is 0.351 e. The SMILES string of the molecule is NC(=O)N(CC=O)CCC=O. The van der Waals surface area contributed by atoms with E-state index < -0.39 is 6.03 Å². The van der Waals surface area contributed by atoms with Gasteiger partial charge >= 0.3 is 6.03 Å². The van der Waals surface area contributed by atoms with Crippen molar-refractivity contribution in [1.82, 2.24) is 4.90 Å². The molecule has 2 amide bonds. The summed E-state index contributed by atoms with van der Waals surface area (Å²) in [7, 11) is 0. The minimum Gasteiger partial charge on any atom is -0.351 e. The molecule has 0 fully saturated rings. The molecule has 0 rings (SSSR count). The molecular formula is C6H10N2O3. The van der Waals surface area contributed by atoms with Crippen molar-refractivity contribution in [2.75, 3.05) is 13.1 Å². The first-order valence-corrected chi connectivity index (χ1v) is 3.14. The third kappa shape index (κ3) is 4.07. The smallest absolute Gasteiger partial charge is 0.315 e. The van der Waals surface area contributed by atoms with E-state index in [0.29, 0.717) is 12.6 Å². The van der Waals surface area contributed by atoms with Gasteiger partial charge in [0.2, 0.25) is 0 Å². The van der Waals surface area contributed by atoms with Gasteiger partial charge in [-0.2, -0.15) is 0 Å². The number of carbonyl (C=O) groups is 3. The van der Waals surface area contributed by atoms with Crippen LogP contribution in [0.2, 0.25) is 0 Å². The minimum absolute atomic E-state index is 0.0524. The molecule has 2 N–H and O–H groups in total. The molecule has 5 heteroatoms. The molecule has 0 saturated carbocycles. The number of rotatable bonds is 5. The van der Waals surface area contributed by atoms with Crippen LogP contribution in [0.5, 0.6) is 0 Å². The van der Waals surface area contributed by atoms with E-state index in [9.17, 15) is 14.4 Å². The number of primary amides is 1. The van der Waals surface area contributed by atoms with E-state index in [1.165, 1.54) is 0 Å². The highest BCUT2D eigenvalue weighted by Gasteiger charge is 2.06. The van der Waals surface area contributed by atoms with Gasteiger partial charge in [0.25, 0.3) is 0 Å². The van der Waals surface area contributed by atoms with Gasteiger partial charge in [-0.05, 0) is 0 Å². The second kappa shape index (κ2) is 5.40. The van der Waals surface area contributed by atoms with Crippen LogP contribution in [0.3, 0.4) is 0 Å². The van der Waals surface area contributed by atoms with E-state index >= 15 is 0 Å². The first-order chi connectivity index (χ1) is 5.22. The summed E-state index contributed by atoms with van der Waals surface area (Å²) >= 11 is 0. The third-order valence-corrected chi connectivity index (χ3v) is 1.12. The van der Waals surface area contributed by atoms with E-state index in [1.807, 2.05) is 0 Å². The molecule has 0 spiro atoms. The number of amides is 2. The molecule has 0 heterocycles. The Kier molecular flexibility index (Phi) is 4.72. The molecule has 0 radical (unpaired) electrons. The van der Waals surface area contributed by atoms with Gasteiger partial charge in [-0.15, -0.1) is 0 Å². The molecule has 11 heavy (non-hydrogen) atoms. The van der Waals surface area contributed by atoms with E-state index in [4.69, 9.17) is 5.73 Å². The molecule has 0 atom stereocenters. The number of nitrogens with zero attached hydrogens (tertiary/aromatic N) is 1. The van der Waals surface area contributed by atoms with Crippen molar-refractivity contribution in [3.8, 4) is 0 Å². The van der Waals surface area contributed by atoms with Gasteiger partial charge in [0.15, 0.2) is 0 Å². The molecular weight excluding hydrogens is 148 g/mol. The highest BCUT2D eigenvalue weighted by atomic mass is 16.2. The molecule has 0 aromatic heterocycles. The lowest BCUT2D eigenvalue weighted by Gasteiger charge is -2.14. The fraction of sp³-hybridized carbons (Fsp3) is 0.500. The van der Waals surface area contributed by atoms with Gasteiger partial charge in [-0.25, -0.2) is 4.79 Å². The summed E-state index contributed by atoms with van der Waals surface area (Å²) in [6.45, 7) is 0.154. The summed E-state index contributed by atoms with van der Waals surface area (Å²) < 4.78 is 0. The van der Waals surface area contributed by atoms with Crippen LogP contribution in [0, 0.1) is 0 Å². The Morgan fingerprint density at radius 1 is 1.36 bits per heavy atom. The number of nitrogens with two attached hydrogens (primary N) is 1. The average Bonchev–Trinajstić information content (AvgIpc) is 1.97. The lowest BCUT2D eigenvalue weighted by molar-refractivity contribution is -0.110. The number of urea groups is 1. The van der Waals surface area contributed by atoms with E-state index in [2.05, 4.69) is 0 Å². The van der Waals surface area contributed by atoms with Crippen LogP contribution < -0.4 is 5.73 Å². The number of aldehydes is 2. The Hall–Kier alpha value is -1.39.